The molecule has 20 heavy (non-hydrogen) atoms. The fourth-order valence-corrected chi connectivity index (χ4v) is 1.49. The average molecular weight is 312 g/mol. The number of ether oxygens (including phenoxy) is 1. The molecule has 1 rings (SSSR count). The van der Waals surface area contributed by atoms with E-state index >= 15 is 0 Å². The van der Waals surface area contributed by atoms with Gasteiger partial charge in [-0.1, -0.05) is 11.6 Å². The first kappa shape index (κ1) is 16.7. The third-order valence-corrected chi connectivity index (χ3v) is 2.23. The lowest BCUT2D eigenvalue weighted by Gasteiger charge is -2.20. The molecule has 1 heterocycles. The summed E-state index contributed by atoms with van der Waals surface area (Å²) in [6, 6.07) is 1.88. The number of halogens is 4. The van der Waals surface area contributed by atoms with Gasteiger partial charge in [0.25, 0.3) is 0 Å². The SMILES string of the molecule is CC(C)(C)OC(=O)c1cc(Cl)nc(C(O)C(F)(F)F)c1. The van der Waals surface area contributed by atoms with Crippen molar-refractivity contribution in [1.82, 2.24) is 4.98 Å². The minimum Gasteiger partial charge on any atom is -0.456 e. The molecule has 4 nitrogen and oxygen atoms in total. The molecule has 1 N–H and O–H groups in total. The second-order valence-corrected chi connectivity index (χ2v) is 5.44. The van der Waals surface area contributed by atoms with Crippen LogP contribution in [0, 0.1) is 0 Å². The molecule has 0 aliphatic rings. The van der Waals surface area contributed by atoms with Crippen LogP contribution in [-0.2, 0) is 4.74 Å². The first-order valence-corrected chi connectivity index (χ1v) is 5.93. The lowest BCUT2D eigenvalue weighted by Crippen LogP contribution is -2.25. The van der Waals surface area contributed by atoms with Gasteiger partial charge in [0, 0.05) is 0 Å². The molecule has 0 aliphatic heterocycles. The summed E-state index contributed by atoms with van der Waals surface area (Å²) in [6.07, 6.45) is -7.72. The quantitative estimate of drug-likeness (QED) is 0.672. The Kier molecular flexibility index (Phi) is 4.66. The molecule has 0 radical (unpaired) electrons. The van der Waals surface area contributed by atoms with Gasteiger partial charge in [-0.25, -0.2) is 9.78 Å². The number of rotatable bonds is 2. The van der Waals surface area contributed by atoms with Gasteiger partial charge in [-0.15, -0.1) is 0 Å². The van der Waals surface area contributed by atoms with E-state index in [9.17, 15) is 18.0 Å². The molecule has 1 unspecified atom stereocenters. The van der Waals surface area contributed by atoms with Crippen LogP contribution in [0.3, 0.4) is 0 Å². The highest BCUT2D eigenvalue weighted by molar-refractivity contribution is 6.29. The molecule has 8 heteroatoms. The zero-order valence-corrected chi connectivity index (χ0v) is 11.7. The molecule has 0 amide bonds. The number of aliphatic hydroxyl groups excluding tert-OH is 1. The van der Waals surface area contributed by atoms with Crippen LogP contribution in [0.15, 0.2) is 12.1 Å². The minimum atomic E-state index is -4.90. The number of hydrogen-bond acceptors (Lipinski definition) is 4. The number of carbonyl (C=O) groups is 1. The van der Waals surface area contributed by atoms with Crippen LogP contribution in [0.25, 0.3) is 0 Å². The summed E-state index contributed by atoms with van der Waals surface area (Å²) in [6.45, 7) is 4.83. The maximum Gasteiger partial charge on any atom is 0.420 e. The van der Waals surface area contributed by atoms with E-state index in [1.165, 1.54) is 0 Å². The first-order chi connectivity index (χ1) is 8.90. The van der Waals surface area contributed by atoms with Crippen molar-refractivity contribution in [3.63, 3.8) is 0 Å². The second kappa shape index (κ2) is 5.57. The summed E-state index contributed by atoms with van der Waals surface area (Å²) in [5.41, 5.74) is -1.78. The molecular formula is C12H13ClF3NO3. The van der Waals surface area contributed by atoms with E-state index in [1.54, 1.807) is 20.8 Å². The maximum atomic E-state index is 12.4. The van der Waals surface area contributed by atoms with E-state index in [2.05, 4.69) is 4.98 Å². The predicted octanol–water partition coefficient (Wildman–Crippen LogP) is 3.29. The third kappa shape index (κ3) is 4.64. The predicted molar refractivity (Wildman–Crippen MR) is 65.4 cm³/mol. The maximum absolute atomic E-state index is 12.4. The van der Waals surface area contributed by atoms with Gasteiger partial charge < -0.3 is 9.84 Å². The number of hydrogen-bond donors (Lipinski definition) is 1. The number of aliphatic hydroxyl groups is 1. The summed E-state index contributed by atoms with van der Waals surface area (Å²) >= 11 is 5.56. The Labute approximate surface area is 118 Å². The van der Waals surface area contributed by atoms with Gasteiger partial charge >= 0.3 is 12.1 Å². The standard InChI is InChI=1S/C12H13ClF3NO3/c1-11(2,3)20-10(19)6-4-7(17-8(13)5-6)9(18)12(14,15)16/h4-5,9,18H,1-3H3. The van der Waals surface area contributed by atoms with Crippen molar-refractivity contribution in [2.45, 2.75) is 38.7 Å². The number of aromatic nitrogens is 1. The Hall–Kier alpha value is -1.34. The van der Waals surface area contributed by atoms with Crippen LogP contribution < -0.4 is 0 Å². The summed E-state index contributed by atoms with van der Waals surface area (Å²) < 4.78 is 42.3. The van der Waals surface area contributed by atoms with E-state index in [0.717, 1.165) is 12.1 Å². The number of carbonyl (C=O) groups excluding carboxylic acids is 1. The zero-order valence-electron chi connectivity index (χ0n) is 11.0. The second-order valence-electron chi connectivity index (χ2n) is 5.05. The number of pyridine rings is 1. The highest BCUT2D eigenvalue weighted by Crippen LogP contribution is 2.32. The van der Waals surface area contributed by atoms with Gasteiger partial charge in [0.1, 0.15) is 10.8 Å². The van der Waals surface area contributed by atoms with E-state index in [0.29, 0.717) is 0 Å². The van der Waals surface area contributed by atoms with Crippen molar-refractivity contribution in [1.29, 1.82) is 0 Å². The Morgan fingerprint density at radius 3 is 2.35 bits per heavy atom. The molecule has 0 saturated heterocycles. The Morgan fingerprint density at radius 1 is 1.35 bits per heavy atom. The number of alkyl halides is 3. The lowest BCUT2D eigenvalue weighted by molar-refractivity contribution is -0.207. The zero-order chi connectivity index (χ0) is 15.7. The molecule has 112 valence electrons. The van der Waals surface area contributed by atoms with Crippen LogP contribution in [0.2, 0.25) is 5.15 Å². The topological polar surface area (TPSA) is 59.4 Å². The van der Waals surface area contributed by atoms with E-state index in [-0.39, 0.29) is 10.7 Å². The normalized spacial score (nSPS) is 14.0. The summed E-state index contributed by atoms with van der Waals surface area (Å²) in [4.78, 5) is 15.1. The van der Waals surface area contributed by atoms with Gasteiger partial charge in [0.2, 0.25) is 0 Å². The highest BCUT2D eigenvalue weighted by Gasteiger charge is 2.41. The summed E-state index contributed by atoms with van der Waals surface area (Å²) in [7, 11) is 0. The van der Waals surface area contributed by atoms with Crippen molar-refractivity contribution in [2.75, 3.05) is 0 Å². The molecular weight excluding hydrogens is 299 g/mol. The molecule has 1 atom stereocenters. The van der Waals surface area contributed by atoms with Gasteiger partial charge in [0.15, 0.2) is 6.10 Å². The van der Waals surface area contributed by atoms with Crippen molar-refractivity contribution in [3.05, 3.63) is 28.5 Å². The van der Waals surface area contributed by atoms with E-state index < -0.39 is 29.5 Å². The molecule has 0 saturated carbocycles. The monoisotopic (exact) mass is 311 g/mol. The lowest BCUT2D eigenvalue weighted by atomic mass is 10.1. The van der Waals surface area contributed by atoms with E-state index in [4.69, 9.17) is 21.4 Å². The molecule has 1 aromatic heterocycles. The minimum absolute atomic E-state index is 0.210. The Bertz CT molecular complexity index is 512. The molecule has 0 fully saturated rings. The third-order valence-electron chi connectivity index (χ3n) is 2.04. The molecule has 1 aromatic rings. The summed E-state index contributed by atoms with van der Waals surface area (Å²) in [5, 5.41) is 8.78. The number of esters is 1. The molecule has 0 bridgehead atoms. The smallest absolute Gasteiger partial charge is 0.420 e. The average Bonchev–Trinajstić information content (AvgIpc) is 2.23. The van der Waals surface area contributed by atoms with Crippen LogP contribution in [-0.4, -0.2) is 27.8 Å². The molecule has 0 aromatic carbocycles. The first-order valence-electron chi connectivity index (χ1n) is 5.56. The van der Waals surface area contributed by atoms with Gasteiger partial charge in [-0.2, -0.15) is 13.2 Å². The van der Waals surface area contributed by atoms with Crippen LogP contribution in [0.4, 0.5) is 13.2 Å². The van der Waals surface area contributed by atoms with Crippen molar-refractivity contribution < 1.29 is 27.8 Å². The largest absolute Gasteiger partial charge is 0.456 e. The molecule has 0 spiro atoms. The van der Waals surface area contributed by atoms with Crippen molar-refractivity contribution >= 4 is 17.6 Å². The van der Waals surface area contributed by atoms with Crippen LogP contribution in [0.5, 0.6) is 0 Å². The van der Waals surface area contributed by atoms with Gasteiger partial charge in [-0.05, 0) is 32.9 Å². The van der Waals surface area contributed by atoms with Crippen molar-refractivity contribution in [3.8, 4) is 0 Å². The van der Waals surface area contributed by atoms with Crippen molar-refractivity contribution in [2.24, 2.45) is 0 Å². The Morgan fingerprint density at radius 2 is 1.90 bits per heavy atom. The van der Waals surface area contributed by atoms with Crippen LogP contribution >= 0.6 is 11.6 Å². The molecule has 0 aliphatic carbocycles. The Balaban J connectivity index is 3.12. The fraction of sp³-hybridized carbons (Fsp3) is 0.500. The number of nitrogens with zero attached hydrogens (tertiary/aromatic N) is 1. The van der Waals surface area contributed by atoms with Gasteiger partial charge in [0.05, 0.1) is 11.3 Å². The fourth-order valence-electron chi connectivity index (χ4n) is 1.28. The van der Waals surface area contributed by atoms with Gasteiger partial charge in [-0.3, -0.25) is 0 Å². The van der Waals surface area contributed by atoms with E-state index in [1.807, 2.05) is 0 Å². The van der Waals surface area contributed by atoms with Crippen LogP contribution in [0.1, 0.15) is 42.9 Å². The summed E-state index contributed by atoms with van der Waals surface area (Å²) in [5.74, 6) is -0.850. The highest BCUT2D eigenvalue weighted by atomic mass is 35.5.